The highest BCUT2D eigenvalue weighted by Crippen LogP contribution is 2.18. The molecule has 152 valence electrons. The number of halogens is 4. The standard InChI is InChI=1S/C19H20F4N2O3/c1-11(9-27-17-5-3-13(20)7-15(17)22)24-19(26)25-12(2)10-28-18-6-4-14(21)8-16(18)23/h3-8,11-12H,9-10H2,1-2H3,(H2,24,25,26). The summed E-state index contributed by atoms with van der Waals surface area (Å²) in [5, 5.41) is 5.16. The van der Waals surface area contributed by atoms with Crippen molar-refractivity contribution in [2.75, 3.05) is 13.2 Å². The van der Waals surface area contributed by atoms with Gasteiger partial charge >= 0.3 is 6.03 Å². The van der Waals surface area contributed by atoms with Gasteiger partial charge in [-0.15, -0.1) is 0 Å². The summed E-state index contributed by atoms with van der Waals surface area (Å²) in [4.78, 5) is 11.9. The van der Waals surface area contributed by atoms with E-state index in [1.807, 2.05) is 0 Å². The topological polar surface area (TPSA) is 59.6 Å². The number of hydrogen-bond acceptors (Lipinski definition) is 3. The highest BCUT2D eigenvalue weighted by Gasteiger charge is 2.14. The van der Waals surface area contributed by atoms with Gasteiger partial charge in [0.15, 0.2) is 23.1 Å². The van der Waals surface area contributed by atoms with E-state index >= 15 is 0 Å². The molecule has 0 saturated carbocycles. The fourth-order valence-electron chi connectivity index (χ4n) is 2.19. The van der Waals surface area contributed by atoms with Crippen LogP contribution in [-0.4, -0.2) is 31.3 Å². The van der Waals surface area contributed by atoms with Gasteiger partial charge in [-0.1, -0.05) is 0 Å². The van der Waals surface area contributed by atoms with Gasteiger partial charge in [0.05, 0.1) is 12.1 Å². The van der Waals surface area contributed by atoms with Crippen LogP contribution in [0.3, 0.4) is 0 Å². The lowest BCUT2D eigenvalue weighted by atomic mass is 10.3. The molecule has 0 heterocycles. The van der Waals surface area contributed by atoms with E-state index < -0.39 is 41.4 Å². The van der Waals surface area contributed by atoms with Gasteiger partial charge in [-0.3, -0.25) is 0 Å². The maximum absolute atomic E-state index is 13.5. The van der Waals surface area contributed by atoms with Crippen molar-refractivity contribution in [3.05, 3.63) is 59.7 Å². The van der Waals surface area contributed by atoms with Crippen LogP contribution in [0.5, 0.6) is 11.5 Å². The van der Waals surface area contributed by atoms with Gasteiger partial charge in [0.1, 0.15) is 24.8 Å². The van der Waals surface area contributed by atoms with Crippen molar-refractivity contribution in [1.82, 2.24) is 10.6 Å². The monoisotopic (exact) mass is 400 g/mol. The Morgan fingerprint density at radius 3 is 1.57 bits per heavy atom. The number of ether oxygens (including phenoxy) is 2. The Kier molecular flexibility index (Phi) is 7.48. The second-order valence-corrected chi connectivity index (χ2v) is 6.19. The number of carbonyl (C=O) groups excluding carboxylic acids is 1. The Bertz CT molecular complexity index is 754. The van der Waals surface area contributed by atoms with E-state index in [0.29, 0.717) is 12.1 Å². The van der Waals surface area contributed by atoms with Crippen LogP contribution in [0.2, 0.25) is 0 Å². The van der Waals surface area contributed by atoms with Crippen LogP contribution in [0.25, 0.3) is 0 Å². The minimum Gasteiger partial charge on any atom is -0.488 e. The van der Waals surface area contributed by atoms with E-state index in [1.165, 1.54) is 0 Å². The van der Waals surface area contributed by atoms with Crippen LogP contribution in [0.1, 0.15) is 13.8 Å². The number of carbonyl (C=O) groups is 1. The first-order chi connectivity index (χ1) is 13.2. The first kappa shape index (κ1) is 21.3. The molecule has 0 aliphatic heterocycles. The first-order valence-electron chi connectivity index (χ1n) is 8.47. The van der Waals surface area contributed by atoms with Gasteiger partial charge in [0.2, 0.25) is 0 Å². The molecule has 2 atom stereocenters. The molecule has 9 heteroatoms. The lowest BCUT2D eigenvalue weighted by Crippen LogP contribution is -2.47. The third-order valence-electron chi connectivity index (χ3n) is 3.52. The summed E-state index contributed by atoms with van der Waals surface area (Å²) in [6.45, 7) is 3.19. The molecule has 28 heavy (non-hydrogen) atoms. The number of amides is 2. The molecule has 2 N–H and O–H groups in total. The molecule has 0 aromatic heterocycles. The van der Waals surface area contributed by atoms with Crippen molar-refractivity contribution < 1.29 is 31.8 Å². The third kappa shape index (κ3) is 6.64. The summed E-state index contributed by atoms with van der Waals surface area (Å²) in [7, 11) is 0. The molecule has 0 aliphatic rings. The average molecular weight is 400 g/mol. The summed E-state index contributed by atoms with van der Waals surface area (Å²) in [6, 6.07) is 4.35. The molecule has 2 aromatic carbocycles. The summed E-state index contributed by atoms with van der Waals surface area (Å²) in [5.41, 5.74) is 0. The molecule has 0 bridgehead atoms. The van der Waals surface area contributed by atoms with E-state index in [0.717, 1.165) is 24.3 Å². The maximum Gasteiger partial charge on any atom is 0.315 e. The van der Waals surface area contributed by atoms with Crippen LogP contribution in [0.4, 0.5) is 22.4 Å². The van der Waals surface area contributed by atoms with Crippen LogP contribution in [0, 0.1) is 23.3 Å². The van der Waals surface area contributed by atoms with Gasteiger partial charge in [-0.05, 0) is 38.1 Å². The number of nitrogens with one attached hydrogen (secondary N) is 2. The molecule has 5 nitrogen and oxygen atoms in total. The molecular weight excluding hydrogens is 380 g/mol. The number of urea groups is 1. The number of rotatable bonds is 8. The van der Waals surface area contributed by atoms with Crippen molar-refractivity contribution in [1.29, 1.82) is 0 Å². The van der Waals surface area contributed by atoms with E-state index in [4.69, 9.17) is 9.47 Å². The van der Waals surface area contributed by atoms with Crippen molar-refractivity contribution >= 4 is 6.03 Å². The minimum atomic E-state index is -0.838. The first-order valence-corrected chi connectivity index (χ1v) is 8.47. The number of benzene rings is 2. The Hall–Kier alpha value is -2.97. The van der Waals surface area contributed by atoms with Crippen molar-refractivity contribution in [3.63, 3.8) is 0 Å². The highest BCUT2D eigenvalue weighted by molar-refractivity contribution is 5.74. The summed E-state index contributed by atoms with van der Waals surface area (Å²) < 4.78 is 63.1. The minimum absolute atomic E-state index is 0.0400. The summed E-state index contributed by atoms with van der Waals surface area (Å²) in [6.07, 6.45) is 0. The van der Waals surface area contributed by atoms with Gasteiger partial charge in [0.25, 0.3) is 0 Å². The Morgan fingerprint density at radius 1 is 0.821 bits per heavy atom. The lowest BCUT2D eigenvalue weighted by molar-refractivity contribution is 0.212. The van der Waals surface area contributed by atoms with Crippen molar-refractivity contribution in [3.8, 4) is 11.5 Å². The predicted molar refractivity (Wildman–Crippen MR) is 94.3 cm³/mol. The van der Waals surface area contributed by atoms with Crippen LogP contribution in [-0.2, 0) is 0 Å². The fraction of sp³-hybridized carbons (Fsp3) is 0.316. The third-order valence-corrected chi connectivity index (χ3v) is 3.52. The van der Waals surface area contributed by atoms with Crippen molar-refractivity contribution in [2.45, 2.75) is 25.9 Å². The van der Waals surface area contributed by atoms with Gasteiger partial charge in [-0.2, -0.15) is 0 Å². The normalized spacial score (nSPS) is 12.8. The Morgan fingerprint density at radius 2 is 1.21 bits per heavy atom. The predicted octanol–water partition coefficient (Wildman–Crippen LogP) is 3.78. The molecule has 0 aliphatic carbocycles. The van der Waals surface area contributed by atoms with Gasteiger partial charge in [-0.25, -0.2) is 22.4 Å². The summed E-state index contributed by atoms with van der Waals surface area (Å²) >= 11 is 0. The molecule has 2 rings (SSSR count). The second-order valence-electron chi connectivity index (χ2n) is 6.19. The van der Waals surface area contributed by atoms with E-state index in [9.17, 15) is 22.4 Å². The largest absolute Gasteiger partial charge is 0.488 e. The quantitative estimate of drug-likeness (QED) is 0.663. The fourth-order valence-corrected chi connectivity index (χ4v) is 2.19. The molecule has 2 unspecified atom stereocenters. The molecule has 0 radical (unpaired) electrons. The van der Waals surface area contributed by atoms with E-state index in [2.05, 4.69) is 10.6 Å². The summed E-state index contributed by atoms with van der Waals surface area (Å²) in [5.74, 6) is -3.36. The average Bonchev–Trinajstić information content (AvgIpc) is 2.60. The zero-order valence-electron chi connectivity index (χ0n) is 15.3. The molecule has 0 saturated heterocycles. The number of hydrogen-bond donors (Lipinski definition) is 2. The zero-order chi connectivity index (χ0) is 20.7. The molecular formula is C19H20F4N2O3. The lowest BCUT2D eigenvalue weighted by Gasteiger charge is -2.19. The Balaban J connectivity index is 1.72. The highest BCUT2D eigenvalue weighted by atomic mass is 19.1. The van der Waals surface area contributed by atoms with E-state index in [-0.39, 0.29) is 24.7 Å². The van der Waals surface area contributed by atoms with Gasteiger partial charge in [0, 0.05) is 12.1 Å². The maximum atomic E-state index is 13.5. The van der Waals surface area contributed by atoms with Crippen LogP contribution in [0.15, 0.2) is 36.4 Å². The second kappa shape index (κ2) is 9.82. The molecule has 0 fully saturated rings. The van der Waals surface area contributed by atoms with Crippen LogP contribution < -0.4 is 20.1 Å². The molecule has 2 amide bonds. The molecule has 0 spiro atoms. The van der Waals surface area contributed by atoms with Crippen molar-refractivity contribution in [2.24, 2.45) is 0 Å². The Labute approximate surface area is 159 Å². The van der Waals surface area contributed by atoms with Gasteiger partial charge < -0.3 is 20.1 Å². The van der Waals surface area contributed by atoms with E-state index in [1.54, 1.807) is 13.8 Å². The smallest absolute Gasteiger partial charge is 0.315 e. The van der Waals surface area contributed by atoms with Crippen LogP contribution >= 0.6 is 0 Å². The SMILES string of the molecule is CC(COc1ccc(F)cc1F)NC(=O)NC(C)COc1ccc(F)cc1F. The molecule has 2 aromatic rings. The zero-order valence-corrected chi connectivity index (χ0v) is 15.3.